The molecule has 2 unspecified atom stereocenters. The number of nitrogens with zero attached hydrogens (tertiary/aromatic N) is 1. The van der Waals surface area contributed by atoms with Crippen molar-refractivity contribution in [1.29, 1.82) is 5.26 Å². The molecule has 0 aromatic heterocycles. The van der Waals surface area contributed by atoms with Crippen LogP contribution in [0.5, 0.6) is 0 Å². The molecule has 1 aliphatic heterocycles. The van der Waals surface area contributed by atoms with E-state index in [4.69, 9.17) is 10.00 Å². The second kappa shape index (κ2) is 6.61. The number of hydrogen-bond acceptors (Lipinski definition) is 5. The van der Waals surface area contributed by atoms with Crippen molar-refractivity contribution in [2.45, 2.75) is 29.6 Å². The Labute approximate surface area is 124 Å². The van der Waals surface area contributed by atoms with E-state index in [-0.39, 0.29) is 16.8 Å². The van der Waals surface area contributed by atoms with Gasteiger partial charge in [-0.2, -0.15) is 17.0 Å². The fourth-order valence-electron chi connectivity index (χ4n) is 2.09. The van der Waals surface area contributed by atoms with E-state index < -0.39 is 9.84 Å². The van der Waals surface area contributed by atoms with E-state index in [2.05, 4.69) is 0 Å². The zero-order valence-corrected chi connectivity index (χ0v) is 12.9. The maximum atomic E-state index is 12.2. The number of sulfone groups is 1. The number of thioether (sulfide) groups is 1. The first-order valence-corrected chi connectivity index (χ1v) is 9.19. The molecule has 20 heavy (non-hydrogen) atoms. The van der Waals surface area contributed by atoms with Gasteiger partial charge in [-0.15, -0.1) is 0 Å². The number of ether oxygens (including phenoxy) is 1. The Morgan fingerprint density at radius 2 is 2.10 bits per heavy atom. The normalized spacial score (nSPS) is 22.6. The lowest BCUT2D eigenvalue weighted by atomic mass is 10.2. The van der Waals surface area contributed by atoms with E-state index in [1.165, 1.54) is 24.3 Å². The topological polar surface area (TPSA) is 67.2 Å². The Hall–Kier alpha value is -1.03. The molecule has 0 saturated carbocycles. The minimum Gasteiger partial charge on any atom is -0.377 e. The number of hydrogen-bond donors (Lipinski definition) is 0. The zero-order chi connectivity index (χ0) is 14.6. The van der Waals surface area contributed by atoms with Crippen LogP contribution < -0.4 is 0 Å². The lowest BCUT2D eigenvalue weighted by Gasteiger charge is -2.13. The molecular weight excluding hydrogens is 294 g/mol. The molecule has 0 spiro atoms. The predicted molar refractivity (Wildman–Crippen MR) is 79.5 cm³/mol. The van der Waals surface area contributed by atoms with Gasteiger partial charge in [0.05, 0.1) is 28.4 Å². The lowest BCUT2D eigenvalue weighted by molar-refractivity contribution is 0.127. The summed E-state index contributed by atoms with van der Waals surface area (Å²) in [6.07, 6.45) is 1.19. The van der Waals surface area contributed by atoms with Crippen molar-refractivity contribution in [3.05, 3.63) is 29.8 Å². The maximum Gasteiger partial charge on any atom is 0.179 e. The summed E-state index contributed by atoms with van der Waals surface area (Å²) in [6.45, 7) is 2.79. The minimum absolute atomic E-state index is 0.118. The van der Waals surface area contributed by atoms with E-state index in [0.29, 0.717) is 16.6 Å². The summed E-state index contributed by atoms with van der Waals surface area (Å²) in [5.74, 6) is 0.688. The van der Waals surface area contributed by atoms with Crippen LogP contribution in [-0.2, 0) is 14.6 Å². The van der Waals surface area contributed by atoms with Crippen LogP contribution in [0.1, 0.15) is 18.9 Å². The summed E-state index contributed by atoms with van der Waals surface area (Å²) in [6, 6.07) is 8.05. The zero-order valence-electron chi connectivity index (χ0n) is 11.3. The van der Waals surface area contributed by atoms with Crippen molar-refractivity contribution < 1.29 is 13.2 Å². The van der Waals surface area contributed by atoms with Gasteiger partial charge in [-0.3, -0.25) is 0 Å². The highest BCUT2D eigenvalue weighted by atomic mass is 32.2. The second-order valence-electron chi connectivity index (χ2n) is 4.73. The van der Waals surface area contributed by atoms with Gasteiger partial charge in [-0.25, -0.2) is 8.42 Å². The van der Waals surface area contributed by atoms with Gasteiger partial charge in [-0.05, 0) is 37.6 Å². The lowest BCUT2D eigenvalue weighted by Crippen LogP contribution is -2.16. The number of rotatable bonds is 5. The van der Waals surface area contributed by atoms with E-state index in [1.54, 1.807) is 11.8 Å². The van der Waals surface area contributed by atoms with Crippen molar-refractivity contribution in [1.82, 2.24) is 0 Å². The molecule has 108 valence electrons. The van der Waals surface area contributed by atoms with Crippen LogP contribution in [0.3, 0.4) is 0 Å². The van der Waals surface area contributed by atoms with E-state index >= 15 is 0 Å². The van der Waals surface area contributed by atoms with Crippen LogP contribution in [-0.4, -0.2) is 37.9 Å². The average molecular weight is 311 g/mol. The molecule has 1 aromatic rings. The average Bonchev–Trinajstić information content (AvgIpc) is 2.84. The highest BCUT2D eigenvalue weighted by Crippen LogP contribution is 2.26. The minimum atomic E-state index is -3.27. The van der Waals surface area contributed by atoms with Gasteiger partial charge in [0.2, 0.25) is 0 Å². The number of nitriles is 1. The molecule has 2 atom stereocenters. The van der Waals surface area contributed by atoms with Crippen LogP contribution in [0.25, 0.3) is 0 Å². The summed E-state index contributed by atoms with van der Waals surface area (Å²) in [5, 5.41) is 9.10. The third-order valence-electron chi connectivity index (χ3n) is 3.33. The molecule has 0 amide bonds. The van der Waals surface area contributed by atoms with Gasteiger partial charge in [0, 0.05) is 17.6 Å². The molecule has 0 N–H and O–H groups in total. The molecule has 4 nitrogen and oxygen atoms in total. The standard InChI is InChI=1S/C14H17NO3S2/c1-11-14(6-7-18-11)19-8-9-20(16,17)13-4-2-12(10-15)3-5-13/h2-5,11,14H,6-9H2,1H3. The predicted octanol–water partition coefficient (Wildman–Crippen LogP) is 2.24. The van der Waals surface area contributed by atoms with E-state index in [1.807, 2.05) is 13.0 Å². The highest BCUT2D eigenvalue weighted by Gasteiger charge is 2.25. The summed E-state index contributed by atoms with van der Waals surface area (Å²) in [7, 11) is -3.27. The third kappa shape index (κ3) is 3.75. The van der Waals surface area contributed by atoms with Crippen LogP contribution in [0, 0.1) is 11.3 Å². The van der Waals surface area contributed by atoms with Crippen LogP contribution in [0.2, 0.25) is 0 Å². The molecule has 1 saturated heterocycles. The van der Waals surface area contributed by atoms with Gasteiger partial charge in [0.1, 0.15) is 0 Å². The highest BCUT2D eigenvalue weighted by molar-refractivity contribution is 8.01. The Kier molecular flexibility index (Phi) is 5.08. The van der Waals surface area contributed by atoms with Crippen molar-refractivity contribution in [3.8, 4) is 6.07 Å². The van der Waals surface area contributed by atoms with E-state index in [0.717, 1.165) is 13.0 Å². The smallest absolute Gasteiger partial charge is 0.179 e. The molecule has 1 aromatic carbocycles. The van der Waals surface area contributed by atoms with Crippen LogP contribution in [0.15, 0.2) is 29.2 Å². The second-order valence-corrected chi connectivity index (χ2v) is 8.19. The van der Waals surface area contributed by atoms with Crippen LogP contribution >= 0.6 is 11.8 Å². The first kappa shape index (κ1) is 15.4. The fourth-order valence-corrected chi connectivity index (χ4v) is 5.06. The fraction of sp³-hybridized carbons (Fsp3) is 0.500. The molecule has 0 radical (unpaired) electrons. The molecule has 2 rings (SSSR count). The third-order valence-corrected chi connectivity index (χ3v) is 6.81. The number of benzene rings is 1. The molecule has 0 bridgehead atoms. The van der Waals surface area contributed by atoms with Crippen molar-refractivity contribution in [2.75, 3.05) is 18.1 Å². The Morgan fingerprint density at radius 1 is 1.40 bits per heavy atom. The molecular formula is C14H17NO3S2. The first-order chi connectivity index (χ1) is 9.53. The van der Waals surface area contributed by atoms with Gasteiger partial charge >= 0.3 is 0 Å². The SMILES string of the molecule is CC1OCCC1SCCS(=O)(=O)c1ccc(C#N)cc1. The summed E-state index contributed by atoms with van der Waals surface area (Å²) in [4.78, 5) is 0.285. The van der Waals surface area contributed by atoms with Crippen LogP contribution in [0.4, 0.5) is 0 Å². The molecule has 1 heterocycles. The Balaban J connectivity index is 1.91. The molecule has 6 heteroatoms. The van der Waals surface area contributed by atoms with Crippen molar-refractivity contribution >= 4 is 21.6 Å². The molecule has 1 fully saturated rings. The van der Waals surface area contributed by atoms with Gasteiger partial charge in [0.25, 0.3) is 0 Å². The van der Waals surface area contributed by atoms with Gasteiger partial charge < -0.3 is 4.74 Å². The van der Waals surface area contributed by atoms with Gasteiger partial charge in [-0.1, -0.05) is 0 Å². The monoisotopic (exact) mass is 311 g/mol. The first-order valence-electron chi connectivity index (χ1n) is 6.49. The van der Waals surface area contributed by atoms with Crippen molar-refractivity contribution in [2.24, 2.45) is 0 Å². The Morgan fingerprint density at radius 3 is 2.65 bits per heavy atom. The largest absolute Gasteiger partial charge is 0.377 e. The summed E-state index contributed by atoms with van der Waals surface area (Å²) in [5.41, 5.74) is 0.468. The van der Waals surface area contributed by atoms with Crippen molar-refractivity contribution in [3.63, 3.8) is 0 Å². The Bertz CT molecular complexity index is 590. The summed E-state index contributed by atoms with van der Waals surface area (Å²) >= 11 is 1.66. The summed E-state index contributed by atoms with van der Waals surface area (Å²) < 4.78 is 29.8. The molecule has 0 aliphatic carbocycles. The van der Waals surface area contributed by atoms with E-state index in [9.17, 15) is 8.42 Å². The molecule has 1 aliphatic rings. The quantitative estimate of drug-likeness (QED) is 0.834. The van der Waals surface area contributed by atoms with Gasteiger partial charge in [0.15, 0.2) is 9.84 Å². The maximum absolute atomic E-state index is 12.2.